The fraction of sp³-hybridized carbons (Fsp3) is 0.0638. The highest BCUT2D eigenvalue weighted by Gasteiger charge is 2.19. The molecule has 0 unspecified atom stereocenters. The minimum atomic E-state index is -0.489. The van der Waals surface area contributed by atoms with E-state index in [0.717, 1.165) is 57.9 Å². The van der Waals surface area contributed by atoms with Crippen LogP contribution in [0.1, 0.15) is 18.1 Å². The summed E-state index contributed by atoms with van der Waals surface area (Å²) in [4.78, 5) is 25.6. The SMILES string of the molecule is C=CC(=O)Oc1ccc(-c2ccc(N(c3ccc(-c4ccc(OC(=O)C=C)cc4)cc3)c3ccc(CC)c4c3ccc3cccc(C)c34)cc2)cc1. The highest BCUT2D eigenvalue weighted by molar-refractivity contribution is 6.15. The average molecular weight is 680 g/mol. The quantitative estimate of drug-likeness (QED) is 0.0623. The third-order valence-electron chi connectivity index (χ3n) is 9.31. The number of fused-ring (bicyclic) bond motifs is 3. The lowest BCUT2D eigenvalue weighted by Gasteiger charge is -2.28. The van der Waals surface area contributed by atoms with Gasteiger partial charge in [-0.3, -0.25) is 0 Å². The van der Waals surface area contributed by atoms with E-state index in [1.165, 1.54) is 32.7 Å². The van der Waals surface area contributed by atoms with E-state index in [1.807, 2.05) is 24.3 Å². The predicted molar refractivity (Wildman–Crippen MR) is 213 cm³/mol. The van der Waals surface area contributed by atoms with Gasteiger partial charge >= 0.3 is 11.9 Å². The van der Waals surface area contributed by atoms with Crippen LogP contribution >= 0.6 is 0 Å². The first kappa shape index (κ1) is 33.8. The van der Waals surface area contributed by atoms with E-state index in [0.29, 0.717) is 11.5 Å². The molecular weight excluding hydrogens is 643 g/mol. The molecule has 0 atom stereocenters. The Labute approximate surface area is 303 Å². The first-order valence-electron chi connectivity index (χ1n) is 17.2. The van der Waals surface area contributed by atoms with Gasteiger partial charge in [-0.05, 0) is 117 Å². The Morgan fingerprint density at radius 1 is 0.577 bits per heavy atom. The second kappa shape index (κ2) is 14.6. The predicted octanol–water partition coefficient (Wildman–Crippen LogP) is 11.9. The van der Waals surface area contributed by atoms with Crippen LogP contribution in [0.2, 0.25) is 0 Å². The maximum absolute atomic E-state index is 11.7. The van der Waals surface area contributed by atoms with Crippen LogP contribution in [0.4, 0.5) is 17.1 Å². The minimum absolute atomic E-state index is 0.470. The molecule has 7 rings (SSSR count). The number of anilines is 3. The molecule has 0 saturated heterocycles. The topological polar surface area (TPSA) is 55.8 Å². The third-order valence-corrected chi connectivity index (χ3v) is 9.31. The van der Waals surface area contributed by atoms with Crippen LogP contribution in [0.5, 0.6) is 11.5 Å². The number of carbonyl (C=O) groups excluding carboxylic acids is 2. The van der Waals surface area contributed by atoms with Crippen molar-refractivity contribution in [2.75, 3.05) is 4.90 Å². The van der Waals surface area contributed by atoms with Crippen molar-refractivity contribution in [2.45, 2.75) is 20.3 Å². The largest absolute Gasteiger partial charge is 0.423 e. The number of rotatable bonds is 10. The Kier molecular flexibility index (Phi) is 9.50. The van der Waals surface area contributed by atoms with Crippen molar-refractivity contribution in [2.24, 2.45) is 0 Å². The van der Waals surface area contributed by atoms with Crippen LogP contribution in [0.3, 0.4) is 0 Å². The van der Waals surface area contributed by atoms with Crippen LogP contribution in [-0.4, -0.2) is 11.9 Å². The van der Waals surface area contributed by atoms with Gasteiger partial charge in [-0.2, -0.15) is 0 Å². The summed E-state index contributed by atoms with van der Waals surface area (Å²) in [6.07, 6.45) is 3.22. The minimum Gasteiger partial charge on any atom is -0.423 e. The van der Waals surface area contributed by atoms with Crippen molar-refractivity contribution in [3.05, 3.63) is 176 Å². The number of hydrogen-bond acceptors (Lipinski definition) is 5. The Morgan fingerprint density at radius 3 is 1.52 bits per heavy atom. The van der Waals surface area contributed by atoms with Gasteiger partial charge < -0.3 is 14.4 Å². The van der Waals surface area contributed by atoms with E-state index in [1.54, 1.807) is 24.3 Å². The Balaban J connectivity index is 1.32. The Bertz CT molecular complexity index is 2340. The maximum Gasteiger partial charge on any atom is 0.335 e. The van der Waals surface area contributed by atoms with Gasteiger partial charge in [0.15, 0.2) is 0 Å². The first-order chi connectivity index (χ1) is 25.4. The molecule has 7 aromatic rings. The molecule has 0 aliphatic carbocycles. The van der Waals surface area contributed by atoms with Crippen LogP contribution < -0.4 is 14.4 Å². The second-order valence-corrected chi connectivity index (χ2v) is 12.5. The standard InChI is InChI=1S/C47H37NO4/c1-5-32-20-30-43(42-29-19-37-10-8-9-31(4)46(37)47(32)42)48(38-21-11-33(12-22-38)35-15-25-40(26-16-35)51-44(49)6-2)39-23-13-34(14-24-39)36-17-27-41(28-18-36)52-45(50)7-3/h6-30H,2-3,5H2,1,4H3. The molecule has 0 heterocycles. The summed E-state index contributed by atoms with van der Waals surface area (Å²) in [5.74, 6) is -0.0380. The van der Waals surface area contributed by atoms with Gasteiger partial charge in [0, 0.05) is 28.9 Å². The number of benzene rings is 7. The second-order valence-electron chi connectivity index (χ2n) is 12.5. The number of hydrogen-bond donors (Lipinski definition) is 0. The van der Waals surface area contributed by atoms with Crippen molar-refractivity contribution >= 4 is 50.5 Å². The number of nitrogens with zero attached hydrogens (tertiary/aromatic N) is 1. The Morgan fingerprint density at radius 2 is 1.06 bits per heavy atom. The molecule has 0 amide bonds. The summed E-state index contributed by atoms with van der Waals surface area (Å²) >= 11 is 0. The molecule has 0 radical (unpaired) electrons. The van der Waals surface area contributed by atoms with E-state index in [-0.39, 0.29) is 0 Å². The summed E-state index contributed by atoms with van der Waals surface area (Å²) in [7, 11) is 0. The molecule has 5 nitrogen and oxygen atoms in total. The zero-order valence-corrected chi connectivity index (χ0v) is 29.1. The summed E-state index contributed by atoms with van der Waals surface area (Å²) in [5.41, 5.74) is 9.76. The zero-order valence-electron chi connectivity index (χ0n) is 29.1. The van der Waals surface area contributed by atoms with Crippen molar-refractivity contribution in [3.63, 3.8) is 0 Å². The van der Waals surface area contributed by atoms with Gasteiger partial charge in [-0.15, -0.1) is 0 Å². The lowest BCUT2D eigenvalue weighted by Crippen LogP contribution is -2.11. The number of aryl methyl sites for hydroxylation is 2. The van der Waals surface area contributed by atoms with Crippen molar-refractivity contribution in [1.29, 1.82) is 0 Å². The third kappa shape index (κ3) is 6.72. The van der Waals surface area contributed by atoms with E-state index in [9.17, 15) is 9.59 Å². The molecule has 0 saturated carbocycles. The lowest BCUT2D eigenvalue weighted by molar-refractivity contribution is -0.129. The molecule has 5 heteroatoms. The highest BCUT2D eigenvalue weighted by atomic mass is 16.5. The Hall–Kier alpha value is -6.72. The molecule has 7 aromatic carbocycles. The van der Waals surface area contributed by atoms with Crippen LogP contribution in [0, 0.1) is 6.92 Å². The molecule has 0 fully saturated rings. The average Bonchev–Trinajstić information content (AvgIpc) is 3.19. The highest BCUT2D eigenvalue weighted by Crippen LogP contribution is 2.43. The van der Waals surface area contributed by atoms with Gasteiger partial charge in [-0.1, -0.05) is 105 Å². The number of carbonyl (C=O) groups is 2. The van der Waals surface area contributed by atoms with Crippen molar-refractivity contribution < 1.29 is 19.1 Å². The van der Waals surface area contributed by atoms with Gasteiger partial charge in [0.1, 0.15) is 11.5 Å². The zero-order chi connectivity index (χ0) is 36.2. The maximum atomic E-state index is 11.7. The smallest absolute Gasteiger partial charge is 0.335 e. The molecule has 0 aromatic heterocycles. The molecule has 52 heavy (non-hydrogen) atoms. The van der Waals surface area contributed by atoms with Gasteiger partial charge in [0.05, 0.1) is 5.69 Å². The van der Waals surface area contributed by atoms with Gasteiger partial charge in [0.25, 0.3) is 0 Å². The first-order valence-corrected chi connectivity index (χ1v) is 17.2. The van der Waals surface area contributed by atoms with E-state index >= 15 is 0 Å². The molecular formula is C47H37NO4. The molecule has 0 N–H and O–H groups in total. The lowest BCUT2D eigenvalue weighted by atomic mass is 9.92. The van der Waals surface area contributed by atoms with Crippen LogP contribution in [0.15, 0.2) is 165 Å². The summed E-state index contributed by atoms with van der Waals surface area (Å²) < 4.78 is 10.5. The molecule has 0 spiro atoms. The van der Waals surface area contributed by atoms with Gasteiger partial charge in [0.2, 0.25) is 0 Å². The molecule has 254 valence electrons. The molecule has 0 aliphatic rings. The number of ether oxygens (including phenoxy) is 2. The van der Waals surface area contributed by atoms with Crippen molar-refractivity contribution in [3.8, 4) is 33.8 Å². The fourth-order valence-electron chi connectivity index (χ4n) is 6.73. The fourth-order valence-corrected chi connectivity index (χ4v) is 6.73. The molecule has 0 aliphatic heterocycles. The van der Waals surface area contributed by atoms with E-state index in [4.69, 9.17) is 9.47 Å². The van der Waals surface area contributed by atoms with Crippen molar-refractivity contribution in [1.82, 2.24) is 0 Å². The summed E-state index contributed by atoms with van der Waals surface area (Å²) in [6, 6.07) is 47.4. The summed E-state index contributed by atoms with van der Waals surface area (Å²) in [5, 5.41) is 4.98. The van der Waals surface area contributed by atoms with Crippen LogP contribution in [-0.2, 0) is 16.0 Å². The molecule has 0 bridgehead atoms. The normalized spacial score (nSPS) is 10.9. The van der Waals surface area contributed by atoms with E-state index < -0.39 is 11.9 Å². The monoisotopic (exact) mass is 679 g/mol. The van der Waals surface area contributed by atoms with Gasteiger partial charge in [-0.25, -0.2) is 9.59 Å². The number of esters is 2. The summed E-state index contributed by atoms with van der Waals surface area (Å²) in [6.45, 7) is 11.3. The van der Waals surface area contributed by atoms with Crippen LogP contribution in [0.25, 0.3) is 43.8 Å². The van der Waals surface area contributed by atoms with E-state index in [2.05, 4.69) is 123 Å².